The number of aryl methyl sites for hydroxylation is 1. The molecule has 1 saturated carbocycles. The smallest absolute Gasteiger partial charge is 0.237 e. The van der Waals surface area contributed by atoms with E-state index >= 15 is 0 Å². The van der Waals surface area contributed by atoms with Crippen molar-refractivity contribution in [3.63, 3.8) is 0 Å². The number of anilines is 2. The Hall–Kier alpha value is -5.02. The van der Waals surface area contributed by atoms with Crippen molar-refractivity contribution in [2.75, 3.05) is 49.9 Å². The average Bonchev–Trinajstić information content (AvgIpc) is 3.89. The molecular weight excluding hydrogens is 655 g/mol. The number of aromatic nitrogens is 6. The van der Waals surface area contributed by atoms with Crippen LogP contribution in [0.4, 0.5) is 11.5 Å². The zero-order chi connectivity index (χ0) is 34.8. The number of carbonyl (C=O) groups excluding carboxylic acids is 2. The van der Waals surface area contributed by atoms with Gasteiger partial charge in [-0.05, 0) is 69.3 Å². The number of thiazole rings is 1. The molecule has 0 radical (unpaired) electrons. The van der Waals surface area contributed by atoms with Crippen molar-refractivity contribution in [1.29, 1.82) is 5.41 Å². The Morgan fingerprint density at radius 1 is 1.10 bits per heavy atom. The second-order valence-corrected chi connectivity index (χ2v) is 14.0. The molecule has 50 heavy (non-hydrogen) atoms. The maximum Gasteiger partial charge on any atom is 0.237 e. The van der Waals surface area contributed by atoms with Crippen molar-refractivity contribution in [2.45, 2.75) is 45.1 Å². The van der Waals surface area contributed by atoms with Crippen LogP contribution in [-0.2, 0) is 16.6 Å². The Labute approximate surface area is 294 Å². The number of nitrogen functional groups attached to an aromatic ring is 1. The monoisotopic (exact) mass is 695 g/mol. The molecule has 2 aliphatic heterocycles. The van der Waals surface area contributed by atoms with E-state index in [0.717, 1.165) is 34.7 Å². The summed E-state index contributed by atoms with van der Waals surface area (Å²) in [5.74, 6) is 1.38. The van der Waals surface area contributed by atoms with Crippen LogP contribution < -0.4 is 15.4 Å². The average molecular weight is 696 g/mol. The van der Waals surface area contributed by atoms with Gasteiger partial charge in [-0.1, -0.05) is 6.08 Å². The SMILES string of the molecule is CCN(C(=O)[C@@H]1CCN(CC(=O)N2CC=C(c3ncc(-c4ncn(C)n4)s3)CC2)C1)c1ccc(N)c(C(=N)c2ccc(OC3CCC3)nc2)n1. The molecular formula is C35H41N11O3S. The Kier molecular flexibility index (Phi) is 9.68. The fourth-order valence-electron chi connectivity index (χ4n) is 6.39. The third-order valence-corrected chi connectivity index (χ3v) is 10.6. The third-order valence-electron chi connectivity index (χ3n) is 9.51. The van der Waals surface area contributed by atoms with E-state index in [0.29, 0.717) is 73.6 Å². The van der Waals surface area contributed by atoms with Crippen LogP contribution >= 0.6 is 11.3 Å². The van der Waals surface area contributed by atoms with Gasteiger partial charge >= 0.3 is 0 Å². The summed E-state index contributed by atoms with van der Waals surface area (Å²) in [5, 5.41) is 14.1. The molecule has 4 aromatic rings. The molecule has 3 aliphatic rings. The molecule has 0 unspecified atom stereocenters. The zero-order valence-corrected chi connectivity index (χ0v) is 29.1. The Morgan fingerprint density at radius 3 is 2.64 bits per heavy atom. The first kappa shape index (κ1) is 33.5. The molecule has 0 aromatic carbocycles. The van der Waals surface area contributed by atoms with E-state index in [4.69, 9.17) is 15.9 Å². The molecule has 3 N–H and O–H groups in total. The minimum Gasteiger partial charge on any atom is -0.474 e. The number of nitrogens with one attached hydrogen (secondary N) is 1. The number of carbonyl (C=O) groups is 2. The van der Waals surface area contributed by atoms with E-state index in [1.54, 1.807) is 63.9 Å². The largest absolute Gasteiger partial charge is 0.474 e. The summed E-state index contributed by atoms with van der Waals surface area (Å²) in [7, 11) is 1.84. The molecule has 0 spiro atoms. The van der Waals surface area contributed by atoms with Gasteiger partial charge in [0.05, 0.1) is 28.7 Å². The molecule has 1 aliphatic carbocycles. The summed E-state index contributed by atoms with van der Waals surface area (Å²) in [4.78, 5) is 51.5. The normalized spacial score (nSPS) is 18.1. The van der Waals surface area contributed by atoms with Crippen molar-refractivity contribution >= 4 is 45.9 Å². The van der Waals surface area contributed by atoms with Crippen LogP contribution in [0.1, 0.15) is 55.3 Å². The summed E-state index contributed by atoms with van der Waals surface area (Å²) in [6, 6.07) is 6.95. The van der Waals surface area contributed by atoms with E-state index < -0.39 is 0 Å². The number of pyridine rings is 2. The lowest BCUT2D eigenvalue weighted by Crippen LogP contribution is -2.42. The first-order valence-electron chi connectivity index (χ1n) is 17.1. The van der Waals surface area contributed by atoms with Crippen LogP contribution in [0.15, 0.2) is 49.1 Å². The van der Waals surface area contributed by atoms with Gasteiger partial charge in [0.15, 0.2) is 5.82 Å². The first-order chi connectivity index (χ1) is 24.2. The number of nitrogens with two attached hydrogens (primary N) is 1. The predicted octanol–water partition coefficient (Wildman–Crippen LogP) is 3.65. The molecule has 15 heteroatoms. The lowest BCUT2D eigenvalue weighted by molar-refractivity contribution is -0.132. The Morgan fingerprint density at radius 2 is 1.96 bits per heavy atom. The third kappa shape index (κ3) is 7.14. The van der Waals surface area contributed by atoms with Gasteiger partial charge in [0.25, 0.3) is 0 Å². The number of likely N-dealkylation sites (tertiary alicyclic amines) is 1. The van der Waals surface area contributed by atoms with Crippen LogP contribution in [-0.4, -0.2) is 102 Å². The summed E-state index contributed by atoms with van der Waals surface area (Å²) in [5.41, 5.74) is 8.72. The quantitative estimate of drug-likeness (QED) is 0.221. The van der Waals surface area contributed by atoms with Gasteiger partial charge in [0.1, 0.15) is 29.0 Å². The molecule has 1 atom stereocenters. The maximum absolute atomic E-state index is 13.8. The van der Waals surface area contributed by atoms with Gasteiger partial charge in [0, 0.05) is 57.3 Å². The lowest BCUT2D eigenvalue weighted by Gasteiger charge is -2.28. The van der Waals surface area contributed by atoms with Crippen molar-refractivity contribution in [3.8, 4) is 16.6 Å². The van der Waals surface area contributed by atoms with E-state index in [1.807, 2.05) is 18.9 Å². The predicted molar refractivity (Wildman–Crippen MR) is 191 cm³/mol. The van der Waals surface area contributed by atoms with Crippen LogP contribution in [0.25, 0.3) is 16.3 Å². The summed E-state index contributed by atoms with van der Waals surface area (Å²) >= 11 is 1.56. The molecule has 1 saturated heterocycles. The molecule has 4 aromatic heterocycles. The zero-order valence-electron chi connectivity index (χ0n) is 28.3. The summed E-state index contributed by atoms with van der Waals surface area (Å²) in [6.45, 7) is 4.89. The van der Waals surface area contributed by atoms with Crippen LogP contribution in [0.5, 0.6) is 5.88 Å². The highest BCUT2D eigenvalue weighted by Gasteiger charge is 2.34. The summed E-state index contributed by atoms with van der Waals surface area (Å²) in [6.07, 6.45) is 12.0. The van der Waals surface area contributed by atoms with Crippen molar-refractivity contribution in [3.05, 3.63) is 65.3 Å². The minimum atomic E-state index is -0.266. The molecule has 260 valence electrons. The highest BCUT2D eigenvalue weighted by molar-refractivity contribution is 7.16. The first-order valence-corrected chi connectivity index (χ1v) is 17.9. The number of ether oxygens (including phenoxy) is 1. The molecule has 7 rings (SSSR count). The fraction of sp³-hybridized carbons (Fsp3) is 0.429. The van der Waals surface area contributed by atoms with Crippen LogP contribution in [0.2, 0.25) is 0 Å². The Bertz CT molecular complexity index is 1920. The highest BCUT2D eigenvalue weighted by Crippen LogP contribution is 2.31. The van der Waals surface area contributed by atoms with Gasteiger partial charge in [-0.2, -0.15) is 5.10 Å². The Balaban J connectivity index is 0.936. The van der Waals surface area contributed by atoms with Gasteiger partial charge in [-0.25, -0.2) is 19.9 Å². The molecule has 0 bridgehead atoms. The van der Waals surface area contributed by atoms with Crippen LogP contribution in [0, 0.1) is 11.3 Å². The number of nitrogens with zero attached hydrogens (tertiary/aromatic N) is 9. The molecule has 6 heterocycles. The lowest BCUT2D eigenvalue weighted by atomic mass is 9.96. The maximum atomic E-state index is 13.8. The van der Waals surface area contributed by atoms with Crippen molar-refractivity contribution in [1.82, 2.24) is 39.5 Å². The minimum absolute atomic E-state index is 0.0503. The standard InChI is InChI=1S/C35H41N11O3S/c1-3-46(28-9-8-26(36)32(41-28)31(37)23-7-10-29(38-17-23)49-25-5-4-6-25)35(48)24-11-14-44(19-24)20-30(47)45-15-12-22(13-16-45)34-39-18-27(50-34)33-40-21-43(2)42-33/h7-10,12,17-18,21,24-25,37H,3-6,11,13-16,19-20,36H2,1-2H3/t24-/m1/s1. The van der Waals surface area contributed by atoms with Crippen molar-refractivity contribution in [2.24, 2.45) is 13.0 Å². The number of hydrogen-bond donors (Lipinski definition) is 2. The number of rotatable bonds is 11. The fourth-order valence-corrected chi connectivity index (χ4v) is 7.31. The van der Waals surface area contributed by atoms with Crippen molar-refractivity contribution < 1.29 is 14.3 Å². The molecule has 2 fully saturated rings. The number of amides is 2. The van der Waals surface area contributed by atoms with E-state index in [9.17, 15) is 9.59 Å². The van der Waals surface area contributed by atoms with E-state index in [-0.39, 0.29) is 36.1 Å². The summed E-state index contributed by atoms with van der Waals surface area (Å²) < 4.78 is 7.52. The van der Waals surface area contributed by atoms with Gasteiger partial charge < -0.3 is 15.4 Å². The van der Waals surface area contributed by atoms with Crippen LogP contribution in [0.3, 0.4) is 0 Å². The highest BCUT2D eigenvalue weighted by atomic mass is 32.1. The second-order valence-electron chi connectivity index (χ2n) is 12.9. The van der Waals surface area contributed by atoms with E-state index in [1.165, 1.54) is 6.42 Å². The van der Waals surface area contributed by atoms with Gasteiger partial charge in [0.2, 0.25) is 17.7 Å². The number of hydrogen-bond acceptors (Lipinski definition) is 12. The van der Waals surface area contributed by atoms with E-state index in [2.05, 4.69) is 36.0 Å². The molecule has 14 nitrogen and oxygen atoms in total. The van der Waals surface area contributed by atoms with Gasteiger partial charge in [-0.3, -0.25) is 29.5 Å². The van der Waals surface area contributed by atoms with Gasteiger partial charge in [-0.15, -0.1) is 11.3 Å². The molecule has 2 amide bonds. The topological polar surface area (TPSA) is 172 Å². The second kappa shape index (κ2) is 14.5.